The van der Waals surface area contributed by atoms with Gasteiger partial charge in [0.2, 0.25) is 10.0 Å². The van der Waals surface area contributed by atoms with Crippen molar-refractivity contribution >= 4 is 50.5 Å². The molecule has 3 saturated heterocycles. The lowest BCUT2D eigenvalue weighted by atomic mass is 9.98. The van der Waals surface area contributed by atoms with E-state index >= 15 is 0 Å². The second-order valence-corrected chi connectivity index (χ2v) is 13.4. The van der Waals surface area contributed by atoms with Gasteiger partial charge in [-0.25, -0.2) is 13.4 Å². The molecule has 14 heteroatoms. The number of fused-ring (bicyclic) bond motifs is 1. The first kappa shape index (κ1) is 29.0. The van der Waals surface area contributed by atoms with Crippen LogP contribution in [-0.2, 0) is 14.8 Å². The molecule has 3 fully saturated rings. The fraction of sp³-hybridized carbons (Fsp3) is 0.536. The molecule has 3 aliphatic rings. The zero-order chi connectivity index (χ0) is 29.4. The van der Waals surface area contributed by atoms with Gasteiger partial charge in [0.25, 0.3) is 5.91 Å². The van der Waals surface area contributed by atoms with Crippen LogP contribution in [0.4, 0.5) is 17.3 Å². The number of likely N-dealkylation sites (N-methyl/N-ethyl adjacent to an activating group) is 1. The van der Waals surface area contributed by atoms with Crippen LogP contribution in [0.25, 0.3) is 5.65 Å². The molecule has 0 bridgehead atoms. The predicted molar refractivity (Wildman–Crippen MR) is 163 cm³/mol. The number of hydrogen-bond acceptors (Lipinski definition) is 9. The number of halogens is 1. The van der Waals surface area contributed by atoms with E-state index in [9.17, 15) is 13.2 Å². The third-order valence-corrected chi connectivity index (χ3v) is 9.11. The highest BCUT2D eigenvalue weighted by Crippen LogP contribution is 2.35. The quantitative estimate of drug-likeness (QED) is 0.412. The average Bonchev–Trinajstić information content (AvgIpc) is 3.64. The summed E-state index contributed by atoms with van der Waals surface area (Å²) in [4.78, 5) is 25.4. The minimum atomic E-state index is -3.60. The molecule has 0 aliphatic carbocycles. The van der Waals surface area contributed by atoms with Crippen molar-refractivity contribution in [2.24, 2.45) is 0 Å². The van der Waals surface area contributed by atoms with Crippen molar-refractivity contribution < 1.29 is 17.9 Å². The van der Waals surface area contributed by atoms with E-state index in [0.717, 1.165) is 81.1 Å². The normalized spacial score (nSPS) is 21.7. The molecule has 12 nitrogen and oxygen atoms in total. The van der Waals surface area contributed by atoms with Crippen molar-refractivity contribution in [1.29, 1.82) is 0 Å². The van der Waals surface area contributed by atoms with Gasteiger partial charge in [-0.2, -0.15) is 9.61 Å². The van der Waals surface area contributed by atoms with Crippen molar-refractivity contribution in [3.05, 3.63) is 46.6 Å². The lowest BCUT2D eigenvalue weighted by molar-refractivity contribution is 0.0607. The number of carbonyl (C=O) groups is 1. The summed E-state index contributed by atoms with van der Waals surface area (Å²) in [6, 6.07) is 8.85. The summed E-state index contributed by atoms with van der Waals surface area (Å²) in [7, 11) is -1.61. The van der Waals surface area contributed by atoms with E-state index in [1.807, 2.05) is 17.6 Å². The number of piperidine rings is 1. The molecule has 6 rings (SSSR count). The maximum atomic E-state index is 14.0. The second kappa shape index (κ2) is 11.9. The summed E-state index contributed by atoms with van der Waals surface area (Å²) in [5, 5.41) is 8.78. The number of morpholine rings is 1. The number of nitrogens with zero attached hydrogens (tertiary/aromatic N) is 6. The number of likely N-dealkylation sites (tertiary alicyclic amines) is 1. The molecular weight excluding hydrogens is 580 g/mol. The van der Waals surface area contributed by atoms with Crippen LogP contribution in [0.2, 0.25) is 5.02 Å². The number of hydrogen-bond donors (Lipinski definition) is 2. The fourth-order valence-corrected chi connectivity index (χ4v) is 6.88. The minimum absolute atomic E-state index is 0.206. The van der Waals surface area contributed by atoms with E-state index in [2.05, 4.69) is 25.9 Å². The van der Waals surface area contributed by atoms with Crippen LogP contribution in [0, 0.1) is 0 Å². The third-order valence-electron chi connectivity index (χ3n) is 8.28. The fourth-order valence-electron chi connectivity index (χ4n) is 6.13. The van der Waals surface area contributed by atoms with E-state index in [0.29, 0.717) is 30.8 Å². The standard InChI is InChI=1S/C28H37ClN8O4S/c1-30-20-8-10-35(18-20)25-17-27(34-11-13-41-14-12-34)37-26(31-25)16-23(32-37)24-5-3-4-9-36(24)28(38)21-15-19(29)6-7-22(21)33-42(2,39)40/h6-7,15-17,20,24,30,33H,3-5,8-14,18H2,1-2H3/t20?,24-/m0/s1. The number of rotatable bonds is 7. The Balaban J connectivity index is 1.38. The number of anilines is 3. The molecular formula is C28H37ClN8O4S. The molecule has 5 heterocycles. The third kappa shape index (κ3) is 6.01. The second-order valence-electron chi connectivity index (χ2n) is 11.2. The smallest absolute Gasteiger partial charge is 0.256 e. The van der Waals surface area contributed by atoms with E-state index < -0.39 is 10.0 Å². The molecule has 2 aromatic heterocycles. The zero-order valence-electron chi connectivity index (χ0n) is 23.9. The van der Waals surface area contributed by atoms with Crippen molar-refractivity contribution in [2.75, 3.05) is 73.8 Å². The van der Waals surface area contributed by atoms with Crippen LogP contribution in [0.3, 0.4) is 0 Å². The zero-order valence-corrected chi connectivity index (χ0v) is 25.5. The molecule has 42 heavy (non-hydrogen) atoms. The minimum Gasteiger partial charge on any atom is -0.378 e. The van der Waals surface area contributed by atoms with Gasteiger partial charge in [-0.15, -0.1) is 0 Å². The summed E-state index contributed by atoms with van der Waals surface area (Å²) >= 11 is 6.26. The number of nitrogens with one attached hydrogen (secondary N) is 2. The molecule has 2 atom stereocenters. The van der Waals surface area contributed by atoms with Crippen LogP contribution < -0.4 is 19.8 Å². The molecule has 226 valence electrons. The van der Waals surface area contributed by atoms with Gasteiger partial charge in [0, 0.05) is 55.9 Å². The molecule has 0 saturated carbocycles. The molecule has 1 unspecified atom stereocenters. The van der Waals surface area contributed by atoms with E-state index in [1.165, 1.54) is 12.1 Å². The van der Waals surface area contributed by atoms with Gasteiger partial charge >= 0.3 is 0 Å². The largest absolute Gasteiger partial charge is 0.378 e. The van der Waals surface area contributed by atoms with Crippen LogP contribution in [-0.4, -0.2) is 99.1 Å². The molecule has 0 spiro atoms. The number of ether oxygens (including phenoxy) is 1. The van der Waals surface area contributed by atoms with Gasteiger partial charge in [0.1, 0.15) is 11.6 Å². The highest BCUT2D eigenvalue weighted by molar-refractivity contribution is 7.92. The lowest BCUT2D eigenvalue weighted by Crippen LogP contribution is -2.39. The van der Waals surface area contributed by atoms with Gasteiger partial charge in [0.15, 0.2) is 5.65 Å². The monoisotopic (exact) mass is 616 g/mol. The Kier molecular flexibility index (Phi) is 8.18. The molecule has 3 aliphatic heterocycles. The summed E-state index contributed by atoms with van der Waals surface area (Å²) in [6.45, 7) is 5.14. The summed E-state index contributed by atoms with van der Waals surface area (Å²) in [5.41, 5.74) is 1.91. The molecule has 2 N–H and O–H groups in total. The number of aromatic nitrogens is 3. The summed E-state index contributed by atoms with van der Waals surface area (Å²) in [6.07, 6.45) is 4.64. The maximum absolute atomic E-state index is 14.0. The summed E-state index contributed by atoms with van der Waals surface area (Å²) in [5.74, 6) is 1.59. The molecule has 1 aromatic carbocycles. The predicted octanol–water partition coefficient (Wildman–Crippen LogP) is 2.76. The topological polar surface area (TPSA) is 124 Å². The number of amides is 1. The first-order valence-corrected chi connectivity index (χ1v) is 16.7. The van der Waals surface area contributed by atoms with E-state index in [-0.39, 0.29) is 23.2 Å². The highest BCUT2D eigenvalue weighted by Gasteiger charge is 2.33. The Morgan fingerprint density at radius 3 is 2.60 bits per heavy atom. The van der Waals surface area contributed by atoms with E-state index in [4.69, 9.17) is 26.4 Å². The Morgan fingerprint density at radius 2 is 1.86 bits per heavy atom. The number of sulfonamides is 1. The Labute approximate surface area is 251 Å². The SMILES string of the molecule is CNC1CCN(c2cc(N3CCOCC3)n3nc([C@@H]4CCCCN4C(=O)c4cc(Cl)ccc4NS(C)(=O)=O)cc3n2)C1. The van der Waals surface area contributed by atoms with E-state index in [1.54, 1.807) is 11.0 Å². The average molecular weight is 617 g/mol. The Bertz CT molecular complexity index is 1580. The lowest BCUT2D eigenvalue weighted by Gasteiger charge is -2.35. The Hall–Kier alpha value is -3.13. The van der Waals surface area contributed by atoms with Gasteiger partial charge in [-0.1, -0.05) is 11.6 Å². The first-order chi connectivity index (χ1) is 20.2. The Morgan fingerprint density at radius 1 is 1.05 bits per heavy atom. The summed E-state index contributed by atoms with van der Waals surface area (Å²) < 4.78 is 34.1. The molecule has 1 amide bonds. The van der Waals surface area contributed by atoms with Gasteiger partial charge in [0.05, 0.1) is 42.5 Å². The maximum Gasteiger partial charge on any atom is 0.256 e. The van der Waals surface area contributed by atoms with Crippen molar-refractivity contribution in [3.8, 4) is 0 Å². The van der Waals surface area contributed by atoms with Crippen LogP contribution in [0.5, 0.6) is 0 Å². The van der Waals surface area contributed by atoms with Gasteiger partial charge < -0.3 is 24.8 Å². The van der Waals surface area contributed by atoms with Crippen molar-refractivity contribution in [1.82, 2.24) is 24.8 Å². The van der Waals surface area contributed by atoms with Crippen molar-refractivity contribution in [3.63, 3.8) is 0 Å². The molecule has 3 aromatic rings. The van der Waals surface area contributed by atoms with Crippen molar-refractivity contribution in [2.45, 2.75) is 37.8 Å². The number of benzene rings is 1. The van der Waals surface area contributed by atoms with Gasteiger partial charge in [-0.3, -0.25) is 9.52 Å². The molecule has 0 radical (unpaired) electrons. The highest BCUT2D eigenvalue weighted by atomic mass is 35.5. The van der Waals surface area contributed by atoms with Crippen LogP contribution in [0.1, 0.15) is 47.8 Å². The van der Waals surface area contributed by atoms with Crippen LogP contribution >= 0.6 is 11.6 Å². The van der Waals surface area contributed by atoms with Crippen LogP contribution in [0.15, 0.2) is 30.3 Å². The van der Waals surface area contributed by atoms with Gasteiger partial charge in [-0.05, 0) is 50.9 Å². The number of carbonyl (C=O) groups excluding carboxylic acids is 1. The first-order valence-electron chi connectivity index (χ1n) is 14.4.